The highest BCUT2D eigenvalue weighted by Crippen LogP contribution is 2.29. The molecule has 3 heteroatoms. The molecule has 0 unspecified atom stereocenters. The van der Waals surface area contributed by atoms with Crippen molar-refractivity contribution in [1.29, 1.82) is 0 Å². The van der Waals surface area contributed by atoms with E-state index >= 15 is 0 Å². The summed E-state index contributed by atoms with van der Waals surface area (Å²) < 4.78 is 1.95. The molecule has 0 aliphatic rings. The Labute approximate surface area is 105 Å². The maximum absolute atomic E-state index is 9.91. The molecule has 0 atom stereocenters. The van der Waals surface area contributed by atoms with Gasteiger partial charge < -0.3 is 5.11 Å². The van der Waals surface area contributed by atoms with E-state index in [2.05, 4.69) is 4.98 Å². The molecule has 0 spiro atoms. The van der Waals surface area contributed by atoms with Gasteiger partial charge in [0.05, 0.1) is 18.2 Å². The maximum atomic E-state index is 9.91. The summed E-state index contributed by atoms with van der Waals surface area (Å²) in [5.74, 6) is 0.259. The summed E-state index contributed by atoms with van der Waals surface area (Å²) in [5.41, 5.74) is 2.67. The number of imidazole rings is 1. The lowest BCUT2D eigenvalue weighted by Crippen LogP contribution is -1.94. The second-order valence-electron chi connectivity index (χ2n) is 4.00. The number of phenols is 1. The Kier molecular flexibility index (Phi) is 2.57. The molecule has 0 aliphatic heterocycles. The smallest absolute Gasteiger partial charge is 0.124 e. The number of aromatic nitrogens is 2. The second-order valence-corrected chi connectivity index (χ2v) is 4.00. The Morgan fingerprint density at radius 1 is 0.889 bits per heavy atom. The Morgan fingerprint density at radius 2 is 1.61 bits per heavy atom. The first-order valence-electron chi connectivity index (χ1n) is 5.72. The Morgan fingerprint density at radius 3 is 2.39 bits per heavy atom. The number of hydrogen-bond donors (Lipinski definition) is 1. The van der Waals surface area contributed by atoms with Gasteiger partial charge in [-0.05, 0) is 24.3 Å². The molecule has 3 rings (SSSR count). The molecule has 18 heavy (non-hydrogen) atoms. The summed E-state index contributed by atoms with van der Waals surface area (Å²) in [6, 6.07) is 17.2. The maximum Gasteiger partial charge on any atom is 0.124 e. The highest BCUT2D eigenvalue weighted by atomic mass is 16.3. The minimum absolute atomic E-state index is 0.259. The first kappa shape index (κ1) is 10.6. The van der Waals surface area contributed by atoms with Crippen molar-refractivity contribution in [3.05, 3.63) is 67.1 Å². The normalized spacial score (nSPS) is 10.4. The van der Waals surface area contributed by atoms with Crippen molar-refractivity contribution in [2.45, 2.75) is 0 Å². The van der Waals surface area contributed by atoms with Crippen molar-refractivity contribution < 1.29 is 5.11 Å². The average molecular weight is 236 g/mol. The minimum atomic E-state index is 0.259. The van der Waals surface area contributed by atoms with Crippen LogP contribution >= 0.6 is 0 Å². The van der Waals surface area contributed by atoms with E-state index < -0.39 is 0 Å². The van der Waals surface area contributed by atoms with Crippen LogP contribution in [0.25, 0.3) is 16.9 Å². The molecule has 0 amide bonds. The van der Waals surface area contributed by atoms with Crippen LogP contribution in [0.2, 0.25) is 0 Å². The molecule has 1 N–H and O–H groups in total. The molecule has 1 aromatic heterocycles. The lowest BCUT2D eigenvalue weighted by Gasteiger charge is -2.09. The first-order chi connectivity index (χ1) is 8.86. The Bertz CT molecular complexity index is 659. The third kappa shape index (κ3) is 1.76. The monoisotopic (exact) mass is 236 g/mol. The van der Waals surface area contributed by atoms with Gasteiger partial charge in [-0.15, -0.1) is 0 Å². The van der Waals surface area contributed by atoms with Gasteiger partial charge in [-0.25, -0.2) is 4.98 Å². The van der Waals surface area contributed by atoms with E-state index in [1.165, 1.54) is 0 Å². The van der Waals surface area contributed by atoms with Gasteiger partial charge in [0, 0.05) is 11.3 Å². The molecule has 0 saturated carbocycles. The number of phenolic OH excluding ortho intramolecular Hbond substituents is 1. The van der Waals surface area contributed by atoms with Gasteiger partial charge in [-0.1, -0.05) is 30.3 Å². The first-order valence-corrected chi connectivity index (χ1v) is 5.72. The molecule has 0 bridgehead atoms. The van der Waals surface area contributed by atoms with Gasteiger partial charge in [0.15, 0.2) is 0 Å². The van der Waals surface area contributed by atoms with Gasteiger partial charge in [0.1, 0.15) is 5.75 Å². The number of hydrogen-bond acceptors (Lipinski definition) is 2. The minimum Gasteiger partial charge on any atom is -0.507 e. The summed E-state index contributed by atoms with van der Waals surface area (Å²) in [5, 5.41) is 9.91. The molecule has 0 saturated heterocycles. The SMILES string of the molecule is Oc1ccccc1-c1cncn1-c1ccccc1. The van der Waals surface area contributed by atoms with Crippen LogP contribution in [0.4, 0.5) is 0 Å². The number of para-hydroxylation sites is 2. The quantitative estimate of drug-likeness (QED) is 0.741. The number of aromatic hydroxyl groups is 1. The molecule has 2 aromatic carbocycles. The van der Waals surface area contributed by atoms with Crippen LogP contribution in [-0.2, 0) is 0 Å². The van der Waals surface area contributed by atoms with Crippen molar-refractivity contribution in [3.8, 4) is 22.7 Å². The molecule has 0 fully saturated rings. The highest BCUT2D eigenvalue weighted by molar-refractivity contribution is 5.68. The van der Waals surface area contributed by atoms with Crippen molar-refractivity contribution >= 4 is 0 Å². The molecule has 88 valence electrons. The predicted molar refractivity (Wildman–Crippen MR) is 70.7 cm³/mol. The largest absolute Gasteiger partial charge is 0.507 e. The highest BCUT2D eigenvalue weighted by Gasteiger charge is 2.09. The van der Waals surface area contributed by atoms with Gasteiger partial charge in [-0.3, -0.25) is 4.57 Å². The summed E-state index contributed by atoms with van der Waals surface area (Å²) in [7, 11) is 0. The van der Waals surface area contributed by atoms with E-state index in [0.717, 1.165) is 16.9 Å². The second kappa shape index (κ2) is 4.37. The third-order valence-corrected chi connectivity index (χ3v) is 2.85. The van der Waals surface area contributed by atoms with Crippen LogP contribution in [0.5, 0.6) is 5.75 Å². The van der Waals surface area contributed by atoms with Gasteiger partial charge in [0.2, 0.25) is 0 Å². The van der Waals surface area contributed by atoms with Crippen molar-refractivity contribution in [3.63, 3.8) is 0 Å². The standard InChI is InChI=1S/C15H12N2O/c18-15-9-5-4-8-13(15)14-10-16-11-17(14)12-6-2-1-3-7-12/h1-11,18H. The summed E-state index contributed by atoms with van der Waals surface area (Å²) in [6.45, 7) is 0. The number of benzene rings is 2. The topological polar surface area (TPSA) is 38.1 Å². The lowest BCUT2D eigenvalue weighted by molar-refractivity contribution is 0.477. The van der Waals surface area contributed by atoms with E-state index in [1.807, 2.05) is 53.1 Å². The van der Waals surface area contributed by atoms with E-state index in [-0.39, 0.29) is 5.75 Å². The van der Waals surface area contributed by atoms with Crippen LogP contribution < -0.4 is 0 Å². The zero-order chi connectivity index (χ0) is 12.4. The van der Waals surface area contributed by atoms with Crippen LogP contribution in [0.3, 0.4) is 0 Å². The molecule has 0 radical (unpaired) electrons. The van der Waals surface area contributed by atoms with Gasteiger partial charge >= 0.3 is 0 Å². The van der Waals surface area contributed by atoms with Crippen LogP contribution in [0.1, 0.15) is 0 Å². The predicted octanol–water partition coefficient (Wildman–Crippen LogP) is 3.24. The third-order valence-electron chi connectivity index (χ3n) is 2.85. The number of rotatable bonds is 2. The van der Waals surface area contributed by atoms with E-state index in [0.29, 0.717) is 0 Å². The number of nitrogens with zero attached hydrogens (tertiary/aromatic N) is 2. The zero-order valence-electron chi connectivity index (χ0n) is 9.69. The van der Waals surface area contributed by atoms with E-state index in [1.54, 1.807) is 18.6 Å². The summed E-state index contributed by atoms with van der Waals surface area (Å²) >= 11 is 0. The van der Waals surface area contributed by atoms with Crippen LogP contribution in [0.15, 0.2) is 67.1 Å². The van der Waals surface area contributed by atoms with E-state index in [4.69, 9.17) is 0 Å². The lowest BCUT2D eigenvalue weighted by atomic mass is 10.1. The summed E-state index contributed by atoms with van der Waals surface area (Å²) in [4.78, 5) is 4.17. The molecule has 3 nitrogen and oxygen atoms in total. The molecular weight excluding hydrogens is 224 g/mol. The van der Waals surface area contributed by atoms with Gasteiger partial charge in [0.25, 0.3) is 0 Å². The van der Waals surface area contributed by atoms with Gasteiger partial charge in [-0.2, -0.15) is 0 Å². The fourth-order valence-electron chi connectivity index (χ4n) is 1.98. The molecule has 3 aromatic rings. The molecular formula is C15H12N2O. The van der Waals surface area contributed by atoms with Crippen molar-refractivity contribution in [2.75, 3.05) is 0 Å². The van der Waals surface area contributed by atoms with Crippen molar-refractivity contribution in [2.24, 2.45) is 0 Å². The van der Waals surface area contributed by atoms with Crippen molar-refractivity contribution in [1.82, 2.24) is 9.55 Å². The Hall–Kier alpha value is -2.55. The van der Waals surface area contributed by atoms with Crippen LogP contribution in [0, 0.1) is 0 Å². The average Bonchev–Trinajstić information content (AvgIpc) is 2.89. The van der Waals surface area contributed by atoms with Crippen LogP contribution in [-0.4, -0.2) is 14.7 Å². The molecule has 0 aliphatic carbocycles. The fourth-order valence-corrected chi connectivity index (χ4v) is 1.98. The summed E-state index contributed by atoms with van der Waals surface area (Å²) in [6.07, 6.45) is 3.50. The Balaban J connectivity index is 2.16. The fraction of sp³-hybridized carbons (Fsp3) is 0. The molecule has 1 heterocycles. The van der Waals surface area contributed by atoms with E-state index in [9.17, 15) is 5.11 Å². The zero-order valence-corrected chi connectivity index (χ0v) is 9.69.